The highest BCUT2D eigenvalue weighted by Crippen LogP contribution is 2.01. The summed E-state index contributed by atoms with van der Waals surface area (Å²) in [6.45, 7) is 3.68. The number of Topliss-reactive ketones (excluding diaryl/α,β-unsaturated/α-hetero) is 2. The zero-order valence-corrected chi connectivity index (χ0v) is 9.85. The van der Waals surface area contributed by atoms with E-state index in [1.54, 1.807) is 0 Å². The van der Waals surface area contributed by atoms with E-state index in [-0.39, 0.29) is 11.6 Å². The topological polar surface area (TPSA) is 74.6 Å². The molecule has 4 heteroatoms. The summed E-state index contributed by atoms with van der Waals surface area (Å²) in [5.74, 6) is -0.595. The van der Waals surface area contributed by atoms with E-state index >= 15 is 0 Å². The van der Waals surface area contributed by atoms with Crippen LogP contribution in [-0.4, -0.2) is 34.0 Å². The molecule has 0 aromatic rings. The Labute approximate surface area is 96.0 Å². The van der Waals surface area contributed by atoms with Crippen LogP contribution >= 0.6 is 0 Å². The molecule has 0 spiro atoms. The van der Waals surface area contributed by atoms with Gasteiger partial charge in [0, 0.05) is 12.8 Å². The lowest BCUT2D eigenvalue weighted by Gasteiger charge is -2.05. The zero-order valence-electron chi connectivity index (χ0n) is 9.85. The second-order valence-electron chi connectivity index (χ2n) is 3.71. The Balaban J connectivity index is 4.15. The molecular weight excluding hydrogens is 208 g/mol. The molecule has 0 saturated carbocycles. The fourth-order valence-electron chi connectivity index (χ4n) is 1.21. The molecule has 0 aromatic carbocycles. The van der Waals surface area contributed by atoms with Crippen LogP contribution in [0.15, 0.2) is 12.2 Å². The van der Waals surface area contributed by atoms with Crippen LogP contribution < -0.4 is 0 Å². The summed E-state index contributed by atoms with van der Waals surface area (Å²) in [6.07, 6.45) is 1.84. The molecule has 16 heavy (non-hydrogen) atoms. The Hall–Kier alpha value is -1.00. The van der Waals surface area contributed by atoms with Gasteiger partial charge in [-0.05, 0) is 25.0 Å². The van der Waals surface area contributed by atoms with Gasteiger partial charge in [0.25, 0.3) is 0 Å². The Morgan fingerprint density at radius 2 is 1.25 bits per heavy atom. The average Bonchev–Trinajstić information content (AvgIpc) is 2.25. The van der Waals surface area contributed by atoms with Crippen LogP contribution in [0, 0.1) is 0 Å². The van der Waals surface area contributed by atoms with Crippen molar-refractivity contribution in [3.63, 3.8) is 0 Å². The van der Waals surface area contributed by atoms with Gasteiger partial charge in [0.05, 0.1) is 0 Å². The predicted octanol–water partition coefficient (Wildman–Crippen LogP) is 1.00. The third kappa shape index (κ3) is 5.78. The molecule has 2 unspecified atom stereocenters. The normalized spacial score (nSPS) is 15.0. The molecule has 0 fully saturated rings. The summed E-state index contributed by atoms with van der Waals surface area (Å²) in [4.78, 5) is 22.4. The molecule has 0 aliphatic heterocycles. The van der Waals surface area contributed by atoms with Gasteiger partial charge < -0.3 is 10.2 Å². The Morgan fingerprint density at radius 1 is 0.938 bits per heavy atom. The van der Waals surface area contributed by atoms with Gasteiger partial charge in [-0.25, -0.2) is 0 Å². The number of hydrogen-bond acceptors (Lipinski definition) is 4. The molecular formula is C12H20O4. The molecule has 0 amide bonds. The third-order valence-electron chi connectivity index (χ3n) is 2.13. The number of carbonyl (C=O) groups is 2. The van der Waals surface area contributed by atoms with Gasteiger partial charge in [-0.3, -0.25) is 9.59 Å². The first-order valence-corrected chi connectivity index (χ1v) is 5.62. The SMILES string of the molecule is CCCC(=O)C(O)/C=C/C(O)C(=O)CCC. The molecule has 2 N–H and O–H groups in total. The zero-order chi connectivity index (χ0) is 12.6. The van der Waals surface area contributed by atoms with E-state index in [4.69, 9.17) is 0 Å². The number of carbonyl (C=O) groups excluding carboxylic acids is 2. The number of hydrogen-bond donors (Lipinski definition) is 2. The van der Waals surface area contributed by atoms with E-state index in [9.17, 15) is 19.8 Å². The smallest absolute Gasteiger partial charge is 0.165 e. The first kappa shape index (κ1) is 15.0. The largest absolute Gasteiger partial charge is 0.381 e. The number of aliphatic hydroxyl groups excluding tert-OH is 2. The summed E-state index contributed by atoms with van der Waals surface area (Å²) in [5, 5.41) is 18.7. The summed E-state index contributed by atoms with van der Waals surface area (Å²) < 4.78 is 0. The van der Waals surface area contributed by atoms with Crippen LogP contribution in [0.5, 0.6) is 0 Å². The lowest BCUT2D eigenvalue weighted by Crippen LogP contribution is -2.21. The number of rotatable bonds is 8. The molecule has 4 nitrogen and oxygen atoms in total. The van der Waals surface area contributed by atoms with Crippen LogP contribution in [0.1, 0.15) is 39.5 Å². The quantitative estimate of drug-likeness (QED) is 0.608. The Bertz CT molecular complexity index is 232. The van der Waals surface area contributed by atoms with Gasteiger partial charge in [0.2, 0.25) is 0 Å². The highest BCUT2D eigenvalue weighted by atomic mass is 16.3. The Kier molecular flexibility index (Phi) is 7.68. The van der Waals surface area contributed by atoms with Crippen molar-refractivity contribution in [1.29, 1.82) is 0 Å². The summed E-state index contributed by atoms with van der Waals surface area (Å²) in [6, 6.07) is 0. The van der Waals surface area contributed by atoms with Crippen molar-refractivity contribution in [2.45, 2.75) is 51.7 Å². The van der Waals surface area contributed by atoms with Crippen LogP contribution in [0.4, 0.5) is 0 Å². The molecule has 0 rings (SSSR count). The fraction of sp³-hybridized carbons (Fsp3) is 0.667. The second-order valence-corrected chi connectivity index (χ2v) is 3.71. The first-order valence-electron chi connectivity index (χ1n) is 5.62. The summed E-state index contributed by atoms with van der Waals surface area (Å²) in [7, 11) is 0. The maximum absolute atomic E-state index is 11.2. The van der Waals surface area contributed by atoms with Gasteiger partial charge in [-0.15, -0.1) is 0 Å². The van der Waals surface area contributed by atoms with Gasteiger partial charge in [0.1, 0.15) is 12.2 Å². The van der Waals surface area contributed by atoms with Crippen molar-refractivity contribution >= 4 is 11.6 Å². The van der Waals surface area contributed by atoms with Crippen LogP contribution in [0.2, 0.25) is 0 Å². The van der Waals surface area contributed by atoms with Gasteiger partial charge in [-0.2, -0.15) is 0 Å². The highest BCUT2D eigenvalue weighted by Gasteiger charge is 2.13. The van der Waals surface area contributed by atoms with Crippen molar-refractivity contribution < 1.29 is 19.8 Å². The van der Waals surface area contributed by atoms with Crippen LogP contribution in [0.25, 0.3) is 0 Å². The Morgan fingerprint density at radius 3 is 1.50 bits per heavy atom. The number of ketones is 2. The van der Waals surface area contributed by atoms with E-state index in [1.165, 1.54) is 12.2 Å². The molecule has 0 aromatic heterocycles. The standard InChI is InChI=1S/C12H20O4/c1-3-5-9(13)11(15)7-8-12(16)10(14)6-4-2/h7-8,11-12,15-16H,3-6H2,1-2H3/b8-7+. The highest BCUT2D eigenvalue weighted by molar-refractivity contribution is 5.86. The van der Waals surface area contributed by atoms with E-state index < -0.39 is 12.2 Å². The maximum atomic E-state index is 11.2. The van der Waals surface area contributed by atoms with Gasteiger partial charge in [-0.1, -0.05) is 13.8 Å². The lowest BCUT2D eigenvalue weighted by molar-refractivity contribution is -0.126. The van der Waals surface area contributed by atoms with Gasteiger partial charge >= 0.3 is 0 Å². The minimum absolute atomic E-state index is 0.296. The van der Waals surface area contributed by atoms with Crippen LogP contribution in [-0.2, 0) is 9.59 Å². The lowest BCUT2D eigenvalue weighted by atomic mass is 10.1. The van der Waals surface area contributed by atoms with E-state index in [2.05, 4.69) is 0 Å². The van der Waals surface area contributed by atoms with Crippen molar-refractivity contribution in [1.82, 2.24) is 0 Å². The molecule has 0 aliphatic rings. The summed E-state index contributed by atoms with van der Waals surface area (Å²) >= 11 is 0. The van der Waals surface area contributed by atoms with Crippen LogP contribution in [0.3, 0.4) is 0 Å². The molecule has 0 radical (unpaired) electrons. The fourth-order valence-corrected chi connectivity index (χ4v) is 1.21. The van der Waals surface area contributed by atoms with Crippen molar-refractivity contribution in [2.24, 2.45) is 0 Å². The van der Waals surface area contributed by atoms with Crippen molar-refractivity contribution in [2.75, 3.05) is 0 Å². The molecule has 92 valence electrons. The molecule has 0 saturated heterocycles. The maximum Gasteiger partial charge on any atom is 0.165 e. The molecule has 2 atom stereocenters. The number of aliphatic hydroxyl groups is 2. The minimum atomic E-state index is -1.22. The van der Waals surface area contributed by atoms with E-state index in [0.717, 1.165) is 0 Å². The van der Waals surface area contributed by atoms with Crippen molar-refractivity contribution in [3.8, 4) is 0 Å². The molecule has 0 heterocycles. The first-order chi connectivity index (χ1) is 7.52. The van der Waals surface area contributed by atoms with Gasteiger partial charge in [0.15, 0.2) is 11.6 Å². The third-order valence-corrected chi connectivity index (χ3v) is 2.13. The van der Waals surface area contributed by atoms with Crippen molar-refractivity contribution in [3.05, 3.63) is 12.2 Å². The second kappa shape index (κ2) is 8.19. The minimum Gasteiger partial charge on any atom is -0.381 e. The van der Waals surface area contributed by atoms with E-state index in [1.807, 2.05) is 13.8 Å². The molecule has 0 bridgehead atoms. The average molecular weight is 228 g/mol. The summed E-state index contributed by atoms with van der Waals surface area (Å²) in [5.41, 5.74) is 0. The monoisotopic (exact) mass is 228 g/mol. The van der Waals surface area contributed by atoms with E-state index in [0.29, 0.717) is 25.7 Å². The predicted molar refractivity (Wildman–Crippen MR) is 61.0 cm³/mol. The molecule has 0 aliphatic carbocycles.